The van der Waals surface area contributed by atoms with Gasteiger partial charge in [0.2, 0.25) is 0 Å². The summed E-state index contributed by atoms with van der Waals surface area (Å²) in [6.07, 6.45) is 1.82. The Balaban J connectivity index is 2.41. The molecular weight excluding hydrogens is 264 g/mol. The second kappa shape index (κ2) is 6.28. The number of halogens is 1. The van der Waals surface area contributed by atoms with Gasteiger partial charge in [0.25, 0.3) is 0 Å². The smallest absolute Gasteiger partial charge is 0.142 e. The van der Waals surface area contributed by atoms with Crippen molar-refractivity contribution in [1.82, 2.24) is 10.2 Å². The zero-order valence-corrected chi connectivity index (χ0v) is 11.8. The van der Waals surface area contributed by atoms with Crippen molar-refractivity contribution in [2.75, 3.05) is 33.3 Å². The zero-order chi connectivity index (χ0) is 13.8. The highest BCUT2D eigenvalue weighted by molar-refractivity contribution is 6.32. The summed E-state index contributed by atoms with van der Waals surface area (Å²) in [5, 5.41) is 13.9. The monoisotopic (exact) mass is 282 g/mol. The van der Waals surface area contributed by atoms with Gasteiger partial charge in [-0.2, -0.15) is 0 Å². The molecule has 0 bridgehead atoms. The first-order chi connectivity index (χ1) is 9.19. The summed E-state index contributed by atoms with van der Waals surface area (Å²) in [6.45, 7) is 7.53. The normalized spacial score (nSPS) is 18.0. The molecule has 19 heavy (non-hydrogen) atoms. The van der Waals surface area contributed by atoms with Crippen LogP contribution >= 0.6 is 11.6 Å². The Labute approximate surface area is 118 Å². The molecule has 1 aliphatic heterocycles. The molecule has 1 aromatic carbocycles. The fraction of sp³-hybridized carbons (Fsp3) is 0.429. The van der Waals surface area contributed by atoms with Crippen LogP contribution in [0.4, 0.5) is 0 Å². The lowest BCUT2D eigenvalue weighted by atomic mass is 10.0. The van der Waals surface area contributed by atoms with Crippen LogP contribution in [0, 0.1) is 0 Å². The highest BCUT2D eigenvalue weighted by atomic mass is 35.5. The van der Waals surface area contributed by atoms with Crippen LogP contribution in [0.5, 0.6) is 11.5 Å². The lowest BCUT2D eigenvalue weighted by Crippen LogP contribution is -2.44. The van der Waals surface area contributed by atoms with E-state index >= 15 is 0 Å². The fourth-order valence-corrected chi connectivity index (χ4v) is 2.60. The van der Waals surface area contributed by atoms with Crippen LogP contribution in [-0.2, 0) is 0 Å². The molecule has 2 N–H and O–H groups in total. The van der Waals surface area contributed by atoms with Crippen LogP contribution in [0.15, 0.2) is 24.8 Å². The van der Waals surface area contributed by atoms with E-state index < -0.39 is 0 Å². The molecule has 0 amide bonds. The summed E-state index contributed by atoms with van der Waals surface area (Å²) in [5.74, 6) is 0.704. The van der Waals surface area contributed by atoms with Crippen molar-refractivity contribution >= 4 is 11.6 Å². The topological polar surface area (TPSA) is 44.7 Å². The number of ether oxygens (including phenoxy) is 1. The Bertz CT molecular complexity index is 459. The molecule has 0 saturated carbocycles. The van der Waals surface area contributed by atoms with Crippen molar-refractivity contribution in [3.8, 4) is 11.5 Å². The van der Waals surface area contributed by atoms with Crippen LogP contribution in [0.1, 0.15) is 11.6 Å². The van der Waals surface area contributed by atoms with Gasteiger partial charge in [-0.25, -0.2) is 0 Å². The number of nitrogens with one attached hydrogen (secondary N) is 1. The Kier molecular flexibility index (Phi) is 4.69. The first-order valence-corrected chi connectivity index (χ1v) is 6.69. The number of nitrogens with zero attached hydrogens (tertiary/aromatic N) is 1. The summed E-state index contributed by atoms with van der Waals surface area (Å²) in [6, 6.07) is 3.31. The van der Waals surface area contributed by atoms with Gasteiger partial charge in [0.1, 0.15) is 11.5 Å². The summed E-state index contributed by atoms with van der Waals surface area (Å²) in [4.78, 5) is 2.25. The van der Waals surface area contributed by atoms with Crippen LogP contribution in [-0.4, -0.2) is 43.3 Å². The molecule has 1 heterocycles. The van der Waals surface area contributed by atoms with E-state index in [1.54, 1.807) is 19.2 Å². The van der Waals surface area contributed by atoms with Crippen LogP contribution in [0.25, 0.3) is 0 Å². The molecule has 1 aromatic rings. The molecule has 0 radical (unpaired) electrons. The van der Waals surface area contributed by atoms with Gasteiger partial charge in [0.05, 0.1) is 23.7 Å². The quantitative estimate of drug-likeness (QED) is 0.831. The van der Waals surface area contributed by atoms with E-state index in [4.69, 9.17) is 16.3 Å². The summed E-state index contributed by atoms with van der Waals surface area (Å²) >= 11 is 6.01. The van der Waals surface area contributed by atoms with Crippen LogP contribution in [0.2, 0.25) is 5.02 Å². The largest absolute Gasteiger partial charge is 0.506 e. The Hall–Kier alpha value is -1.23. The second-order valence-electron chi connectivity index (χ2n) is 4.48. The van der Waals surface area contributed by atoms with Gasteiger partial charge >= 0.3 is 0 Å². The van der Waals surface area contributed by atoms with Crippen molar-refractivity contribution in [2.24, 2.45) is 0 Å². The third-order valence-electron chi connectivity index (χ3n) is 3.41. The first kappa shape index (κ1) is 14.2. The fourth-order valence-electron chi connectivity index (χ4n) is 2.44. The maximum Gasteiger partial charge on any atom is 0.142 e. The molecule has 0 spiro atoms. The highest BCUT2D eigenvalue weighted by Crippen LogP contribution is 2.41. The number of phenolic OH excluding ortho intramolecular Hbond substituents is 1. The van der Waals surface area contributed by atoms with E-state index in [2.05, 4.69) is 16.8 Å². The van der Waals surface area contributed by atoms with E-state index in [0.29, 0.717) is 16.3 Å². The summed E-state index contributed by atoms with van der Waals surface area (Å²) in [7, 11) is 1.59. The number of aromatic hydroxyl groups is 1. The number of hydrogen-bond acceptors (Lipinski definition) is 4. The molecule has 104 valence electrons. The minimum atomic E-state index is -0.101. The van der Waals surface area contributed by atoms with Gasteiger partial charge in [-0.3, -0.25) is 4.90 Å². The molecule has 1 aliphatic rings. The maximum absolute atomic E-state index is 10.2. The molecule has 1 saturated heterocycles. The Morgan fingerprint density at radius 1 is 1.47 bits per heavy atom. The van der Waals surface area contributed by atoms with Crippen molar-refractivity contribution < 1.29 is 9.84 Å². The van der Waals surface area contributed by atoms with Gasteiger partial charge in [0.15, 0.2) is 0 Å². The number of hydrogen-bond donors (Lipinski definition) is 2. The standard InChI is InChI=1S/C14H19ClN2O2/c1-3-11(17-8-6-16-7-9-17)13-12(19-2)5-4-10(15)14(13)18/h3-5,11,16,18H,1,6-9H2,2H3/t11-/m1/s1. The van der Waals surface area contributed by atoms with Gasteiger partial charge in [-0.15, -0.1) is 6.58 Å². The average molecular weight is 283 g/mol. The van der Waals surface area contributed by atoms with Crippen LogP contribution in [0.3, 0.4) is 0 Å². The lowest BCUT2D eigenvalue weighted by molar-refractivity contribution is 0.197. The minimum absolute atomic E-state index is 0.0736. The molecule has 1 fully saturated rings. The lowest BCUT2D eigenvalue weighted by Gasteiger charge is -2.34. The number of phenols is 1. The zero-order valence-electron chi connectivity index (χ0n) is 11.0. The SMILES string of the molecule is C=C[C@H](c1c(OC)ccc(Cl)c1O)N1CCNCC1. The third kappa shape index (κ3) is 2.86. The predicted molar refractivity (Wildman–Crippen MR) is 77.0 cm³/mol. The second-order valence-corrected chi connectivity index (χ2v) is 4.89. The van der Waals surface area contributed by atoms with E-state index in [9.17, 15) is 5.11 Å². The summed E-state index contributed by atoms with van der Waals surface area (Å²) in [5.41, 5.74) is 0.687. The van der Waals surface area contributed by atoms with Gasteiger partial charge in [-0.1, -0.05) is 17.7 Å². The van der Waals surface area contributed by atoms with E-state index in [-0.39, 0.29) is 11.8 Å². The molecule has 1 atom stereocenters. The van der Waals surface area contributed by atoms with E-state index in [1.807, 2.05) is 6.08 Å². The minimum Gasteiger partial charge on any atom is -0.506 e. The Morgan fingerprint density at radius 2 is 2.16 bits per heavy atom. The molecule has 5 heteroatoms. The third-order valence-corrected chi connectivity index (χ3v) is 3.72. The Morgan fingerprint density at radius 3 is 2.74 bits per heavy atom. The summed E-state index contributed by atoms with van der Waals surface area (Å²) < 4.78 is 5.35. The maximum atomic E-state index is 10.2. The van der Waals surface area contributed by atoms with Gasteiger partial charge < -0.3 is 15.2 Å². The molecule has 0 unspecified atom stereocenters. The van der Waals surface area contributed by atoms with Gasteiger partial charge in [0, 0.05) is 26.2 Å². The molecule has 0 aromatic heterocycles. The van der Waals surface area contributed by atoms with Crippen molar-refractivity contribution in [3.05, 3.63) is 35.4 Å². The number of piperazine rings is 1. The number of rotatable bonds is 4. The van der Waals surface area contributed by atoms with Crippen molar-refractivity contribution in [3.63, 3.8) is 0 Å². The van der Waals surface area contributed by atoms with Crippen molar-refractivity contribution in [2.45, 2.75) is 6.04 Å². The number of methoxy groups -OCH3 is 1. The molecular formula is C14H19ClN2O2. The molecule has 0 aliphatic carbocycles. The van der Waals surface area contributed by atoms with E-state index in [1.165, 1.54) is 0 Å². The number of benzene rings is 1. The van der Waals surface area contributed by atoms with Gasteiger partial charge in [-0.05, 0) is 12.1 Å². The molecule has 2 rings (SSSR count). The van der Waals surface area contributed by atoms with E-state index in [0.717, 1.165) is 26.2 Å². The van der Waals surface area contributed by atoms with Crippen molar-refractivity contribution in [1.29, 1.82) is 0 Å². The van der Waals surface area contributed by atoms with Crippen LogP contribution < -0.4 is 10.1 Å². The highest BCUT2D eigenvalue weighted by Gasteiger charge is 2.26. The predicted octanol–water partition coefficient (Wildman–Crippen LogP) is 2.19. The average Bonchev–Trinajstić information content (AvgIpc) is 2.45. The first-order valence-electron chi connectivity index (χ1n) is 6.31. The molecule has 4 nitrogen and oxygen atoms in total.